The van der Waals surface area contributed by atoms with Crippen molar-refractivity contribution in [3.8, 4) is 0 Å². The first-order chi connectivity index (χ1) is 7.79. The van der Waals surface area contributed by atoms with Gasteiger partial charge in [-0.25, -0.2) is 0 Å². The van der Waals surface area contributed by atoms with Crippen LogP contribution in [-0.2, 0) is 4.79 Å². The summed E-state index contributed by atoms with van der Waals surface area (Å²) in [6, 6.07) is 0. The molecule has 0 saturated carbocycles. The molecule has 0 aromatic rings. The van der Waals surface area contributed by atoms with Crippen LogP contribution in [0.2, 0.25) is 0 Å². The van der Waals surface area contributed by atoms with Crippen molar-refractivity contribution in [2.24, 2.45) is 5.92 Å². The summed E-state index contributed by atoms with van der Waals surface area (Å²) in [6.45, 7) is 0. The van der Waals surface area contributed by atoms with Gasteiger partial charge in [-0.3, -0.25) is 4.79 Å². The van der Waals surface area contributed by atoms with Crippen LogP contribution in [0, 0.1) is 5.92 Å². The standard InChI is InChI=1S/C14H18O2/c15-14(16)12-8-4-3-7-11-13-9-5-1-2-6-10-13/h1-3,5-7,9-10,13H,4,8,11-12H2,(H,15,16). The first-order valence-corrected chi connectivity index (χ1v) is 5.67. The van der Waals surface area contributed by atoms with Crippen molar-refractivity contribution in [3.63, 3.8) is 0 Å². The molecule has 0 bridgehead atoms. The summed E-state index contributed by atoms with van der Waals surface area (Å²) in [5, 5.41) is 8.46. The minimum atomic E-state index is -0.714. The molecule has 1 aliphatic rings. The second-order valence-corrected chi connectivity index (χ2v) is 3.81. The Balaban J connectivity index is 2.14. The van der Waals surface area contributed by atoms with Crippen LogP contribution in [0.4, 0.5) is 0 Å². The van der Waals surface area contributed by atoms with Gasteiger partial charge in [-0.1, -0.05) is 48.6 Å². The van der Waals surface area contributed by atoms with Gasteiger partial charge in [0.25, 0.3) is 0 Å². The lowest BCUT2D eigenvalue weighted by Gasteiger charge is -2.01. The molecule has 0 fully saturated rings. The first kappa shape index (κ1) is 12.5. The summed E-state index contributed by atoms with van der Waals surface area (Å²) in [5.41, 5.74) is 0. The van der Waals surface area contributed by atoms with E-state index in [1.54, 1.807) is 0 Å². The fourth-order valence-corrected chi connectivity index (χ4v) is 1.51. The van der Waals surface area contributed by atoms with Gasteiger partial charge in [0, 0.05) is 6.42 Å². The smallest absolute Gasteiger partial charge is 0.303 e. The van der Waals surface area contributed by atoms with E-state index in [1.807, 2.05) is 12.2 Å². The minimum absolute atomic E-state index is 0.261. The van der Waals surface area contributed by atoms with E-state index in [-0.39, 0.29) is 6.42 Å². The zero-order valence-electron chi connectivity index (χ0n) is 9.38. The van der Waals surface area contributed by atoms with Crippen molar-refractivity contribution < 1.29 is 9.90 Å². The van der Waals surface area contributed by atoms with Crippen LogP contribution in [0.5, 0.6) is 0 Å². The van der Waals surface area contributed by atoms with Crippen LogP contribution in [-0.4, -0.2) is 11.1 Å². The van der Waals surface area contributed by atoms with Crippen LogP contribution in [0.3, 0.4) is 0 Å². The van der Waals surface area contributed by atoms with E-state index in [9.17, 15) is 4.79 Å². The highest BCUT2D eigenvalue weighted by Crippen LogP contribution is 2.11. The number of unbranched alkanes of at least 4 members (excludes halogenated alkanes) is 1. The Hall–Kier alpha value is -1.57. The van der Waals surface area contributed by atoms with Gasteiger partial charge in [0.2, 0.25) is 0 Å². The van der Waals surface area contributed by atoms with Crippen molar-refractivity contribution in [2.45, 2.75) is 25.7 Å². The number of hydrogen-bond acceptors (Lipinski definition) is 1. The molecule has 0 unspecified atom stereocenters. The molecule has 0 atom stereocenters. The molecule has 0 heterocycles. The highest BCUT2D eigenvalue weighted by atomic mass is 16.4. The molecular formula is C14H18O2. The van der Waals surface area contributed by atoms with Gasteiger partial charge in [0.15, 0.2) is 0 Å². The Morgan fingerprint density at radius 1 is 1.12 bits per heavy atom. The molecule has 0 amide bonds. The third-order valence-electron chi connectivity index (χ3n) is 2.39. The van der Waals surface area contributed by atoms with Gasteiger partial charge < -0.3 is 5.11 Å². The lowest BCUT2D eigenvalue weighted by molar-refractivity contribution is -0.137. The van der Waals surface area contributed by atoms with Crippen LogP contribution < -0.4 is 0 Å². The molecular weight excluding hydrogens is 200 g/mol. The number of carbonyl (C=O) groups is 1. The van der Waals surface area contributed by atoms with Crippen molar-refractivity contribution in [2.75, 3.05) is 0 Å². The third kappa shape index (κ3) is 6.02. The Morgan fingerprint density at radius 2 is 1.81 bits per heavy atom. The van der Waals surface area contributed by atoms with Gasteiger partial charge in [-0.2, -0.15) is 0 Å². The van der Waals surface area contributed by atoms with Crippen LogP contribution >= 0.6 is 0 Å². The predicted octanol–water partition coefficient (Wildman–Crippen LogP) is 3.49. The summed E-state index contributed by atoms with van der Waals surface area (Å²) in [6.07, 6.45) is 19.5. The van der Waals surface area contributed by atoms with E-state index in [2.05, 4.69) is 36.5 Å². The SMILES string of the molecule is O=C(O)CCCC=CCC1C=CC=CC=C1. The number of carboxylic acid groups (broad SMARTS) is 1. The summed E-state index contributed by atoms with van der Waals surface area (Å²) in [7, 11) is 0. The number of hydrogen-bond donors (Lipinski definition) is 1. The molecule has 0 aromatic heterocycles. The van der Waals surface area contributed by atoms with Crippen LogP contribution in [0.25, 0.3) is 0 Å². The van der Waals surface area contributed by atoms with E-state index >= 15 is 0 Å². The Kier molecular flexibility index (Phi) is 6.00. The maximum absolute atomic E-state index is 10.3. The number of carboxylic acids is 1. The second-order valence-electron chi connectivity index (χ2n) is 3.81. The molecule has 1 aliphatic carbocycles. The first-order valence-electron chi connectivity index (χ1n) is 5.67. The fourth-order valence-electron chi connectivity index (χ4n) is 1.51. The molecule has 16 heavy (non-hydrogen) atoms. The number of aliphatic carboxylic acids is 1. The number of rotatable bonds is 6. The molecule has 1 rings (SSSR count). The zero-order valence-corrected chi connectivity index (χ0v) is 9.38. The van der Waals surface area contributed by atoms with Gasteiger partial charge in [-0.05, 0) is 25.2 Å². The lowest BCUT2D eigenvalue weighted by Crippen LogP contribution is -1.92. The maximum atomic E-state index is 10.3. The maximum Gasteiger partial charge on any atom is 0.303 e. The quantitative estimate of drug-likeness (QED) is 0.547. The highest BCUT2D eigenvalue weighted by molar-refractivity contribution is 5.66. The predicted molar refractivity (Wildman–Crippen MR) is 66.2 cm³/mol. The molecule has 0 saturated heterocycles. The summed E-state index contributed by atoms with van der Waals surface area (Å²) < 4.78 is 0. The van der Waals surface area contributed by atoms with Gasteiger partial charge in [0.05, 0.1) is 0 Å². The molecule has 0 aliphatic heterocycles. The Bertz CT molecular complexity index is 306. The van der Waals surface area contributed by atoms with Crippen molar-refractivity contribution in [1.82, 2.24) is 0 Å². The second kappa shape index (κ2) is 7.69. The normalized spacial score (nSPS) is 15.8. The highest BCUT2D eigenvalue weighted by Gasteiger charge is 1.97. The average Bonchev–Trinajstić information content (AvgIpc) is 2.51. The van der Waals surface area contributed by atoms with E-state index < -0.39 is 5.97 Å². The van der Waals surface area contributed by atoms with Crippen LogP contribution in [0.15, 0.2) is 48.6 Å². The van der Waals surface area contributed by atoms with Crippen molar-refractivity contribution >= 4 is 5.97 Å². The average molecular weight is 218 g/mol. The fraction of sp³-hybridized carbons (Fsp3) is 0.357. The molecule has 1 N–H and O–H groups in total. The third-order valence-corrected chi connectivity index (χ3v) is 2.39. The van der Waals surface area contributed by atoms with Gasteiger partial charge in [0.1, 0.15) is 0 Å². The summed E-state index contributed by atoms with van der Waals surface area (Å²) in [5.74, 6) is -0.250. The monoisotopic (exact) mass is 218 g/mol. The summed E-state index contributed by atoms with van der Waals surface area (Å²) in [4.78, 5) is 10.3. The molecule has 0 radical (unpaired) electrons. The molecule has 0 spiro atoms. The minimum Gasteiger partial charge on any atom is -0.481 e. The van der Waals surface area contributed by atoms with Gasteiger partial charge in [-0.15, -0.1) is 0 Å². The van der Waals surface area contributed by atoms with Crippen molar-refractivity contribution in [1.29, 1.82) is 0 Å². The Morgan fingerprint density at radius 3 is 2.44 bits per heavy atom. The van der Waals surface area contributed by atoms with E-state index in [0.717, 1.165) is 19.3 Å². The molecule has 2 nitrogen and oxygen atoms in total. The van der Waals surface area contributed by atoms with Crippen molar-refractivity contribution in [3.05, 3.63) is 48.6 Å². The van der Waals surface area contributed by atoms with E-state index in [4.69, 9.17) is 5.11 Å². The largest absolute Gasteiger partial charge is 0.481 e. The lowest BCUT2D eigenvalue weighted by atomic mass is 10.0. The molecule has 0 aromatic carbocycles. The van der Waals surface area contributed by atoms with E-state index in [1.165, 1.54) is 0 Å². The Labute approximate surface area is 96.7 Å². The topological polar surface area (TPSA) is 37.3 Å². The summed E-state index contributed by atoms with van der Waals surface area (Å²) >= 11 is 0. The number of allylic oxidation sites excluding steroid dienone is 8. The zero-order chi connectivity index (χ0) is 11.6. The van der Waals surface area contributed by atoms with Gasteiger partial charge >= 0.3 is 5.97 Å². The van der Waals surface area contributed by atoms with Crippen LogP contribution in [0.1, 0.15) is 25.7 Å². The molecule has 2 heteroatoms. The molecule has 86 valence electrons. The van der Waals surface area contributed by atoms with E-state index in [0.29, 0.717) is 5.92 Å².